The minimum Gasteiger partial charge on any atom is -0.497 e. The number of amides is 1. The lowest BCUT2D eigenvalue weighted by atomic mass is 9.98. The fraction of sp³-hybridized carbons (Fsp3) is 0.458. The molecule has 2 fully saturated rings. The second-order valence-electron chi connectivity index (χ2n) is 8.29. The van der Waals surface area contributed by atoms with Crippen LogP contribution in [-0.4, -0.2) is 44.8 Å². The number of hydrogen-bond acceptors (Lipinski definition) is 7. The molecule has 0 radical (unpaired) electrons. The molecule has 1 saturated carbocycles. The van der Waals surface area contributed by atoms with Crippen LogP contribution in [0.25, 0.3) is 0 Å². The van der Waals surface area contributed by atoms with E-state index in [0.29, 0.717) is 23.8 Å². The Labute approximate surface area is 192 Å². The van der Waals surface area contributed by atoms with Crippen molar-refractivity contribution in [1.82, 2.24) is 0 Å². The van der Waals surface area contributed by atoms with Crippen LogP contribution < -0.4 is 23.8 Å². The van der Waals surface area contributed by atoms with Crippen LogP contribution in [0.3, 0.4) is 0 Å². The number of nitro benzene ring substituents is 1. The summed E-state index contributed by atoms with van der Waals surface area (Å²) in [5.74, 6) is 1.39. The van der Waals surface area contributed by atoms with Gasteiger partial charge in [-0.2, -0.15) is 0 Å². The van der Waals surface area contributed by atoms with Gasteiger partial charge < -0.3 is 23.8 Å². The van der Waals surface area contributed by atoms with Crippen LogP contribution in [0.15, 0.2) is 30.3 Å². The summed E-state index contributed by atoms with van der Waals surface area (Å²) in [4.78, 5) is 25.7. The Morgan fingerprint density at radius 2 is 1.70 bits per heavy atom. The Balaban J connectivity index is 1.65. The predicted octanol–water partition coefficient (Wildman–Crippen LogP) is 4.46. The number of anilines is 1. The first-order valence-corrected chi connectivity index (χ1v) is 11.0. The van der Waals surface area contributed by atoms with Crippen molar-refractivity contribution in [3.8, 4) is 23.0 Å². The summed E-state index contributed by atoms with van der Waals surface area (Å²) in [5.41, 5.74) is 0.837. The van der Waals surface area contributed by atoms with Crippen molar-refractivity contribution in [2.75, 3.05) is 32.8 Å². The molecule has 9 nitrogen and oxygen atoms in total. The van der Waals surface area contributed by atoms with E-state index in [1.54, 1.807) is 7.11 Å². The number of nitrogens with zero attached hydrogens (tertiary/aromatic N) is 2. The van der Waals surface area contributed by atoms with E-state index in [0.717, 1.165) is 31.2 Å². The Morgan fingerprint density at radius 1 is 0.970 bits per heavy atom. The molecule has 1 unspecified atom stereocenters. The average molecular weight is 456 g/mol. The number of ether oxygens (including phenoxy) is 4. The highest BCUT2D eigenvalue weighted by molar-refractivity contribution is 5.99. The van der Waals surface area contributed by atoms with Crippen LogP contribution in [0, 0.1) is 10.1 Å². The Morgan fingerprint density at radius 3 is 2.33 bits per heavy atom. The fourth-order valence-corrected chi connectivity index (χ4v) is 4.62. The van der Waals surface area contributed by atoms with Crippen molar-refractivity contribution in [3.63, 3.8) is 0 Å². The van der Waals surface area contributed by atoms with E-state index in [1.165, 1.54) is 31.3 Å². The summed E-state index contributed by atoms with van der Waals surface area (Å²) < 4.78 is 22.2. The van der Waals surface area contributed by atoms with Gasteiger partial charge in [-0.3, -0.25) is 14.9 Å². The quantitative estimate of drug-likeness (QED) is 0.427. The molecule has 0 N–H and O–H groups in total. The second kappa shape index (κ2) is 9.56. The van der Waals surface area contributed by atoms with Gasteiger partial charge in [0.25, 0.3) is 0 Å². The summed E-state index contributed by atoms with van der Waals surface area (Å²) in [6.07, 6.45) is 4.74. The molecule has 0 bridgehead atoms. The number of rotatable bonds is 8. The first-order valence-electron chi connectivity index (χ1n) is 11.0. The van der Waals surface area contributed by atoms with Gasteiger partial charge in [-0.1, -0.05) is 6.07 Å². The Hall–Kier alpha value is -3.49. The Bertz CT molecular complexity index is 1050. The van der Waals surface area contributed by atoms with Crippen molar-refractivity contribution in [1.29, 1.82) is 0 Å². The third kappa shape index (κ3) is 4.53. The minimum atomic E-state index is -0.533. The molecule has 1 atom stereocenters. The van der Waals surface area contributed by atoms with E-state index in [9.17, 15) is 14.9 Å². The topological polar surface area (TPSA) is 100 Å². The standard InChI is InChI=1S/C24H28N2O7/c1-30-18-12-19(24(26(28)29)22(13-18)32-3)25-14-16(11-23(25)27)15-8-9-20(31-2)21(10-15)33-17-6-4-5-7-17/h8-10,12-13,16-17H,4-7,11,14H2,1-3H3. The average Bonchev–Trinajstić information content (AvgIpc) is 3.47. The summed E-state index contributed by atoms with van der Waals surface area (Å²) in [6, 6.07) is 8.64. The van der Waals surface area contributed by atoms with Gasteiger partial charge >= 0.3 is 5.69 Å². The van der Waals surface area contributed by atoms with E-state index in [2.05, 4.69) is 0 Å². The molecular formula is C24H28N2O7. The van der Waals surface area contributed by atoms with Gasteiger partial charge in [-0.15, -0.1) is 0 Å². The first-order chi connectivity index (χ1) is 15.9. The van der Waals surface area contributed by atoms with Gasteiger partial charge in [0.2, 0.25) is 11.7 Å². The maximum atomic E-state index is 13.0. The molecule has 1 saturated heterocycles. The molecule has 2 aromatic rings. The number of benzene rings is 2. The van der Waals surface area contributed by atoms with Gasteiger partial charge in [-0.25, -0.2) is 0 Å². The molecule has 2 aliphatic rings. The molecule has 0 spiro atoms. The largest absolute Gasteiger partial charge is 0.497 e. The van der Waals surface area contributed by atoms with Crippen LogP contribution in [-0.2, 0) is 4.79 Å². The fourth-order valence-electron chi connectivity index (χ4n) is 4.62. The highest BCUT2D eigenvalue weighted by atomic mass is 16.6. The molecule has 1 amide bonds. The van der Waals surface area contributed by atoms with E-state index < -0.39 is 4.92 Å². The van der Waals surface area contributed by atoms with E-state index >= 15 is 0 Å². The van der Waals surface area contributed by atoms with Crippen molar-refractivity contribution in [2.24, 2.45) is 0 Å². The summed E-state index contributed by atoms with van der Waals surface area (Å²) >= 11 is 0. The molecule has 2 aromatic carbocycles. The van der Waals surface area contributed by atoms with Crippen molar-refractivity contribution >= 4 is 17.3 Å². The predicted molar refractivity (Wildman–Crippen MR) is 122 cm³/mol. The smallest absolute Gasteiger partial charge is 0.334 e. The van der Waals surface area contributed by atoms with E-state index in [4.69, 9.17) is 18.9 Å². The van der Waals surface area contributed by atoms with Crippen LogP contribution >= 0.6 is 0 Å². The van der Waals surface area contributed by atoms with E-state index in [-0.39, 0.29) is 41.5 Å². The molecule has 9 heteroatoms. The van der Waals surface area contributed by atoms with E-state index in [1.807, 2.05) is 18.2 Å². The number of nitro groups is 1. The summed E-state index contributed by atoms with van der Waals surface area (Å²) in [7, 11) is 4.41. The molecule has 1 aliphatic carbocycles. The molecule has 0 aromatic heterocycles. The highest BCUT2D eigenvalue weighted by Gasteiger charge is 2.37. The van der Waals surface area contributed by atoms with Crippen molar-refractivity contribution < 1.29 is 28.7 Å². The first kappa shape index (κ1) is 22.7. The number of carbonyl (C=O) groups excluding carboxylic acids is 1. The number of hydrogen-bond donors (Lipinski definition) is 0. The van der Waals surface area contributed by atoms with Crippen LogP contribution in [0.5, 0.6) is 23.0 Å². The number of methoxy groups -OCH3 is 3. The van der Waals surface area contributed by atoms with Gasteiger partial charge in [0.05, 0.1) is 32.4 Å². The lowest BCUT2D eigenvalue weighted by Crippen LogP contribution is -2.25. The zero-order valence-electron chi connectivity index (χ0n) is 19.0. The van der Waals surface area contributed by atoms with Crippen molar-refractivity contribution in [3.05, 3.63) is 46.0 Å². The maximum Gasteiger partial charge on any atom is 0.334 e. The van der Waals surface area contributed by atoms with Crippen LogP contribution in [0.2, 0.25) is 0 Å². The van der Waals surface area contributed by atoms with Crippen LogP contribution in [0.4, 0.5) is 11.4 Å². The Kier molecular flexibility index (Phi) is 6.57. The second-order valence-corrected chi connectivity index (χ2v) is 8.29. The van der Waals surface area contributed by atoms with Gasteiger partial charge in [0.15, 0.2) is 11.5 Å². The normalized spacial score (nSPS) is 18.5. The monoisotopic (exact) mass is 456 g/mol. The SMILES string of the molecule is COc1cc(OC)c([N+](=O)[O-])c(N2CC(c3ccc(OC)c(OC4CCCC4)c3)CC2=O)c1. The third-order valence-corrected chi connectivity index (χ3v) is 6.34. The summed E-state index contributed by atoms with van der Waals surface area (Å²) in [5, 5.41) is 11.8. The van der Waals surface area contributed by atoms with Gasteiger partial charge in [-0.05, 0) is 43.4 Å². The summed E-state index contributed by atoms with van der Waals surface area (Å²) in [6.45, 7) is 0.297. The highest BCUT2D eigenvalue weighted by Crippen LogP contribution is 2.45. The van der Waals surface area contributed by atoms with Gasteiger partial charge in [0, 0.05) is 31.0 Å². The lowest BCUT2D eigenvalue weighted by molar-refractivity contribution is -0.385. The lowest BCUT2D eigenvalue weighted by Gasteiger charge is -2.20. The number of carbonyl (C=O) groups is 1. The molecule has 4 rings (SSSR count). The molecule has 1 aliphatic heterocycles. The van der Waals surface area contributed by atoms with Crippen molar-refractivity contribution in [2.45, 2.75) is 44.1 Å². The maximum absolute atomic E-state index is 13.0. The van der Waals surface area contributed by atoms with Crippen LogP contribution in [0.1, 0.15) is 43.6 Å². The molecule has 1 heterocycles. The zero-order valence-corrected chi connectivity index (χ0v) is 19.0. The van der Waals surface area contributed by atoms with Gasteiger partial charge in [0.1, 0.15) is 11.4 Å². The zero-order chi connectivity index (χ0) is 23.5. The molecular weight excluding hydrogens is 428 g/mol. The third-order valence-electron chi connectivity index (χ3n) is 6.34. The molecule has 33 heavy (non-hydrogen) atoms. The molecule has 176 valence electrons. The minimum absolute atomic E-state index is 0.0438.